The number of hydrogen-bond donors (Lipinski definition) is 1. The Balaban J connectivity index is 2.37. The molecule has 0 atom stereocenters. The van der Waals surface area contributed by atoms with E-state index < -0.39 is 0 Å². The summed E-state index contributed by atoms with van der Waals surface area (Å²) in [5.41, 5.74) is 8.87. The van der Waals surface area contributed by atoms with Crippen molar-refractivity contribution in [3.05, 3.63) is 53.1 Å². The Morgan fingerprint density at radius 3 is 2.60 bits per heavy atom. The van der Waals surface area contributed by atoms with Gasteiger partial charge in [-0.1, -0.05) is 35.9 Å². The van der Waals surface area contributed by atoms with Gasteiger partial charge in [0.05, 0.1) is 6.61 Å². The molecule has 0 radical (unpaired) electrons. The van der Waals surface area contributed by atoms with E-state index in [0.717, 1.165) is 22.4 Å². The van der Waals surface area contributed by atoms with Crippen molar-refractivity contribution in [2.75, 3.05) is 20.3 Å². The highest BCUT2D eigenvalue weighted by Gasteiger charge is 2.10. The van der Waals surface area contributed by atoms with Crippen LogP contribution in [0.1, 0.15) is 5.56 Å². The third-order valence-corrected chi connectivity index (χ3v) is 3.24. The minimum atomic E-state index is 0.433. The summed E-state index contributed by atoms with van der Waals surface area (Å²) in [6, 6.07) is 13.6. The fraction of sp³-hybridized carbons (Fsp3) is 0.250. The predicted octanol–water partition coefficient (Wildman–Crippen LogP) is 3.49. The van der Waals surface area contributed by atoms with Crippen LogP contribution in [0.25, 0.3) is 11.1 Å². The van der Waals surface area contributed by atoms with Crippen molar-refractivity contribution in [1.29, 1.82) is 0 Å². The minimum absolute atomic E-state index is 0.433. The van der Waals surface area contributed by atoms with Crippen LogP contribution in [0.3, 0.4) is 0 Å². The highest BCUT2D eigenvalue weighted by Crippen LogP contribution is 2.33. The van der Waals surface area contributed by atoms with E-state index in [2.05, 4.69) is 0 Å². The summed E-state index contributed by atoms with van der Waals surface area (Å²) in [5, 5.41) is 0.687. The first-order valence-electron chi connectivity index (χ1n) is 6.46. The fourth-order valence-electron chi connectivity index (χ4n) is 2.04. The van der Waals surface area contributed by atoms with Gasteiger partial charge in [-0.05, 0) is 29.3 Å². The lowest BCUT2D eigenvalue weighted by atomic mass is 9.99. The van der Waals surface area contributed by atoms with Crippen LogP contribution in [0.4, 0.5) is 0 Å². The van der Waals surface area contributed by atoms with Crippen molar-refractivity contribution in [3.63, 3.8) is 0 Å². The lowest BCUT2D eigenvalue weighted by Crippen LogP contribution is -2.06. The van der Waals surface area contributed by atoms with Gasteiger partial charge in [0, 0.05) is 24.2 Å². The van der Waals surface area contributed by atoms with Gasteiger partial charge in [-0.25, -0.2) is 0 Å². The number of methoxy groups -OCH3 is 1. The third kappa shape index (κ3) is 3.51. The molecule has 0 heterocycles. The van der Waals surface area contributed by atoms with Gasteiger partial charge in [0.25, 0.3) is 0 Å². The summed E-state index contributed by atoms with van der Waals surface area (Å²) >= 11 is 6.02. The van der Waals surface area contributed by atoms with Crippen molar-refractivity contribution in [1.82, 2.24) is 0 Å². The maximum absolute atomic E-state index is 6.02. The Labute approximate surface area is 124 Å². The molecule has 20 heavy (non-hydrogen) atoms. The molecule has 0 unspecified atom stereocenters. The summed E-state index contributed by atoms with van der Waals surface area (Å²) in [7, 11) is 1.65. The van der Waals surface area contributed by atoms with Crippen molar-refractivity contribution >= 4 is 11.6 Å². The number of ether oxygens (including phenoxy) is 2. The largest absolute Gasteiger partial charge is 0.491 e. The lowest BCUT2D eigenvalue weighted by Gasteiger charge is -2.14. The Bertz CT molecular complexity index is 572. The molecule has 2 aromatic rings. The standard InChI is InChI=1S/C16H18ClNO2/c1-19-8-9-20-16-5-3-2-4-15(16)14-7-6-13(17)10-12(14)11-18/h2-7,10H,8-9,11,18H2,1H3. The Kier molecular flexibility index (Phi) is 5.41. The summed E-state index contributed by atoms with van der Waals surface area (Å²) in [4.78, 5) is 0. The SMILES string of the molecule is COCCOc1ccccc1-c1ccc(Cl)cc1CN. The average Bonchev–Trinajstić information content (AvgIpc) is 2.48. The van der Waals surface area contributed by atoms with Crippen LogP contribution in [0, 0.1) is 0 Å². The first-order chi connectivity index (χ1) is 9.76. The van der Waals surface area contributed by atoms with Crippen LogP contribution in [0.15, 0.2) is 42.5 Å². The molecule has 2 aromatic carbocycles. The van der Waals surface area contributed by atoms with Crippen molar-refractivity contribution in [2.24, 2.45) is 5.73 Å². The van der Waals surface area contributed by atoms with E-state index in [1.165, 1.54) is 0 Å². The number of para-hydroxylation sites is 1. The molecule has 106 valence electrons. The van der Waals surface area contributed by atoms with Crippen molar-refractivity contribution in [2.45, 2.75) is 6.54 Å². The maximum Gasteiger partial charge on any atom is 0.127 e. The second kappa shape index (κ2) is 7.29. The molecular formula is C16H18ClNO2. The van der Waals surface area contributed by atoms with Gasteiger partial charge in [0.15, 0.2) is 0 Å². The summed E-state index contributed by atoms with van der Waals surface area (Å²) in [6.45, 7) is 1.50. The molecule has 2 rings (SSSR count). The average molecular weight is 292 g/mol. The normalized spacial score (nSPS) is 10.6. The zero-order valence-electron chi connectivity index (χ0n) is 11.4. The topological polar surface area (TPSA) is 44.5 Å². The van der Waals surface area contributed by atoms with E-state index in [1.54, 1.807) is 7.11 Å². The molecular weight excluding hydrogens is 274 g/mol. The van der Waals surface area contributed by atoms with E-state index in [-0.39, 0.29) is 0 Å². The molecule has 0 aliphatic rings. The van der Waals surface area contributed by atoms with Crippen LogP contribution in [-0.2, 0) is 11.3 Å². The van der Waals surface area contributed by atoms with E-state index in [4.69, 9.17) is 26.8 Å². The van der Waals surface area contributed by atoms with Crippen LogP contribution < -0.4 is 10.5 Å². The third-order valence-electron chi connectivity index (χ3n) is 3.01. The molecule has 2 N–H and O–H groups in total. The van der Waals surface area contributed by atoms with Gasteiger partial charge in [-0.2, -0.15) is 0 Å². The lowest BCUT2D eigenvalue weighted by molar-refractivity contribution is 0.146. The van der Waals surface area contributed by atoms with Crippen molar-refractivity contribution in [3.8, 4) is 16.9 Å². The highest BCUT2D eigenvalue weighted by molar-refractivity contribution is 6.30. The Hall–Kier alpha value is -1.55. The zero-order valence-corrected chi connectivity index (χ0v) is 12.2. The van der Waals surface area contributed by atoms with Gasteiger partial charge < -0.3 is 15.2 Å². The predicted molar refractivity (Wildman–Crippen MR) is 82.2 cm³/mol. The minimum Gasteiger partial charge on any atom is -0.491 e. The number of halogens is 1. The number of hydrogen-bond acceptors (Lipinski definition) is 3. The highest BCUT2D eigenvalue weighted by atomic mass is 35.5. The molecule has 0 aliphatic heterocycles. The molecule has 0 fully saturated rings. The van der Waals surface area contributed by atoms with Gasteiger partial charge in [-0.15, -0.1) is 0 Å². The molecule has 0 aromatic heterocycles. The first kappa shape index (κ1) is 14.9. The molecule has 4 heteroatoms. The summed E-state index contributed by atoms with van der Waals surface area (Å²) in [5.74, 6) is 0.821. The maximum atomic E-state index is 6.02. The molecule has 0 saturated heterocycles. The monoisotopic (exact) mass is 291 g/mol. The number of benzene rings is 2. The number of nitrogens with two attached hydrogens (primary N) is 1. The second-order valence-electron chi connectivity index (χ2n) is 4.34. The van der Waals surface area contributed by atoms with E-state index in [1.807, 2.05) is 42.5 Å². The molecule has 0 aliphatic carbocycles. The second-order valence-corrected chi connectivity index (χ2v) is 4.78. The van der Waals surface area contributed by atoms with Crippen LogP contribution in [0.2, 0.25) is 5.02 Å². The smallest absolute Gasteiger partial charge is 0.127 e. The molecule has 0 spiro atoms. The van der Waals surface area contributed by atoms with E-state index in [9.17, 15) is 0 Å². The zero-order chi connectivity index (χ0) is 14.4. The van der Waals surface area contributed by atoms with Crippen LogP contribution in [0.5, 0.6) is 5.75 Å². The Morgan fingerprint density at radius 2 is 1.85 bits per heavy atom. The molecule has 0 amide bonds. The summed E-state index contributed by atoms with van der Waals surface area (Å²) < 4.78 is 10.8. The van der Waals surface area contributed by atoms with Crippen LogP contribution >= 0.6 is 11.6 Å². The van der Waals surface area contributed by atoms with E-state index in [0.29, 0.717) is 24.8 Å². The van der Waals surface area contributed by atoms with Gasteiger partial charge in [0.2, 0.25) is 0 Å². The van der Waals surface area contributed by atoms with Crippen molar-refractivity contribution < 1.29 is 9.47 Å². The summed E-state index contributed by atoms with van der Waals surface area (Å²) in [6.07, 6.45) is 0. The fourth-order valence-corrected chi connectivity index (χ4v) is 2.24. The van der Waals surface area contributed by atoms with Gasteiger partial charge in [-0.3, -0.25) is 0 Å². The van der Waals surface area contributed by atoms with Crippen LogP contribution in [-0.4, -0.2) is 20.3 Å². The molecule has 0 bridgehead atoms. The number of rotatable bonds is 6. The van der Waals surface area contributed by atoms with E-state index >= 15 is 0 Å². The molecule has 0 saturated carbocycles. The van der Waals surface area contributed by atoms with Gasteiger partial charge in [0.1, 0.15) is 12.4 Å². The first-order valence-corrected chi connectivity index (χ1v) is 6.83. The quantitative estimate of drug-likeness (QED) is 0.829. The van der Waals surface area contributed by atoms with Gasteiger partial charge >= 0.3 is 0 Å². The molecule has 3 nitrogen and oxygen atoms in total. The Morgan fingerprint density at radius 1 is 1.05 bits per heavy atom.